The summed E-state index contributed by atoms with van der Waals surface area (Å²) in [6.45, 7) is 6.52. The Labute approximate surface area is 421 Å². The van der Waals surface area contributed by atoms with Crippen LogP contribution in [0.15, 0.2) is 72.9 Å². The zero-order valence-corrected chi connectivity index (χ0v) is 44.9. The zero-order valence-electron chi connectivity index (χ0n) is 44.9. The lowest BCUT2D eigenvalue weighted by molar-refractivity contribution is -0.167. The Bertz CT molecular complexity index is 1270. The third kappa shape index (κ3) is 53.8. The van der Waals surface area contributed by atoms with Crippen molar-refractivity contribution in [2.24, 2.45) is 0 Å². The van der Waals surface area contributed by atoms with Gasteiger partial charge in [0, 0.05) is 19.3 Å². The summed E-state index contributed by atoms with van der Waals surface area (Å²) in [5.41, 5.74) is 0. The van der Waals surface area contributed by atoms with Gasteiger partial charge in [-0.1, -0.05) is 248 Å². The maximum atomic E-state index is 12.8. The highest BCUT2D eigenvalue weighted by atomic mass is 16.6. The van der Waals surface area contributed by atoms with Crippen molar-refractivity contribution in [3.8, 4) is 0 Å². The molecule has 0 aliphatic heterocycles. The van der Waals surface area contributed by atoms with E-state index in [9.17, 15) is 14.4 Å². The molecule has 0 amide bonds. The molecular weight excluding hydrogens is 841 g/mol. The molecule has 0 aromatic carbocycles. The molecule has 0 aliphatic rings. The number of allylic oxidation sites excluding steroid dienone is 12. The van der Waals surface area contributed by atoms with Crippen molar-refractivity contribution in [3.05, 3.63) is 72.9 Å². The van der Waals surface area contributed by atoms with E-state index >= 15 is 0 Å². The molecule has 68 heavy (non-hydrogen) atoms. The van der Waals surface area contributed by atoms with E-state index in [1.54, 1.807) is 0 Å². The molecule has 0 rings (SSSR count). The summed E-state index contributed by atoms with van der Waals surface area (Å²) in [6.07, 6.45) is 71.8. The van der Waals surface area contributed by atoms with E-state index in [-0.39, 0.29) is 31.1 Å². The Morgan fingerprint density at radius 3 is 0.912 bits per heavy atom. The number of carbonyl (C=O) groups excluding carboxylic acids is 3. The number of esters is 3. The number of ether oxygens (including phenoxy) is 3. The molecule has 0 bridgehead atoms. The smallest absolute Gasteiger partial charge is 0.306 e. The lowest BCUT2D eigenvalue weighted by Gasteiger charge is -2.18. The van der Waals surface area contributed by atoms with Gasteiger partial charge in [0.15, 0.2) is 6.10 Å². The molecule has 0 aromatic heterocycles. The second kappa shape index (κ2) is 56.4. The van der Waals surface area contributed by atoms with Crippen molar-refractivity contribution >= 4 is 17.9 Å². The maximum Gasteiger partial charge on any atom is 0.306 e. The van der Waals surface area contributed by atoms with Gasteiger partial charge in [0.1, 0.15) is 13.2 Å². The second-order valence-corrected chi connectivity index (χ2v) is 19.2. The molecule has 1 atom stereocenters. The van der Waals surface area contributed by atoms with Gasteiger partial charge in [0.25, 0.3) is 0 Å². The second-order valence-electron chi connectivity index (χ2n) is 19.2. The van der Waals surface area contributed by atoms with E-state index in [0.29, 0.717) is 19.3 Å². The fourth-order valence-corrected chi connectivity index (χ4v) is 8.11. The topological polar surface area (TPSA) is 78.9 Å². The van der Waals surface area contributed by atoms with Gasteiger partial charge in [0.05, 0.1) is 0 Å². The minimum atomic E-state index is -0.780. The van der Waals surface area contributed by atoms with Crippen molar-refractivity contribution in [3.63, 3.8) is 0 Å². The van der Waals surface area contributed by atoms with Gasteiger partial charge in [-0.25, -0.2) is 0 Å². The Morgan fingerprint density at radius 2 is 0.574 bits per heavy atom. The molecule has 6 heteroatoms. The van der Waals surface area contributed by atoms with E-state index in [1.807, 2.05) is 0 Å². The largest absolute Gasteiger partial charge is 0.462 e. The first-order valence-electron chi connectivity index (χ1n) is 28.9. The Kier molecular flexibility index (Phi) is 53.8. The highest BCUT2D eigenvalue weighted by molar-refractivity contribution is 5.71. The van der Waals surface area contributed by atoms with Gasteiger partial charge < -0.3 is 14.2 Å². The molecule has 392 valence electrons. The quantitative estimate of drug-likeness (QED) is 0.0262. The minimum Gasteiger partial charge on any atom is -0.462 e. The molecule has 0 N–H and O–H groups in total. The molecule has 0 radical (unpaired) electrons. The Hall–Kier alpha value is -3.15. The number of hydrogen-bond donors (Lipinski definition) is 0. The molecule has 6 nitrogen and oxygen atoms in total. The van der Waals surface area contributed by atoms with Crippen LogP contribution < -0.4 is 0 Å². The van der Waals surface area contributed by atoms with E-state index in [1.165, 1.54) is 148 Å². The third-order valence-corrected chi connectivity index (χ3v) is 12.4. The fourth-order valence-electron chi connectivity index (χ4n) is 8.11. The lowest BCUT2D eigenvalue weighted by Crippen LogP contribution is -2.30. The fraction of sp³-hybridized carbons (Fsp3) is 0.758. The van der Waals surface area contributed by atoms with Crippen LogP contribution in [0.1, 0.15) is 284 Å². The molecule has 0 spiro atoms. The van der Waals surface area contributed by atoms with Crippen molar-refractivity contribution < 1.29 is 28.6 Å². The lowest BCUT2D eigenvalue weighted by atomic mass is 10.1. The summed E-state index contributed by atoms with van der Waals surface area (Å²) in [6, 6.07) is 0. The summed E-state index contributed by atoms with van der Waals surface area (Å²) in [5, 5.41) is 0. The first-order chi connectivity index (χ1) is 33.5. The van der Waals surface area contributed by atoms with Crippen molar-refractivity contribution in [2.75, 3.05) is 13.2 Å². The molecule has 0 saturated heterocycles. The van der Waals surface area contributed by atoms with Gasteiger partial charge in [-0.3, -0.25) is 14.4 Å². The SMILES string of the molecule is CC/C=C\C/C=C\C/C=C\C/C=C\C/C=C\CCCCCCCCCC(=O)OCC(COC(=O)CCCCCCCCCCCC)OC(=O)CCCCCCCCC/C=C\CCCCCCCC. The predicted octanol–water partition coefficient (Wildman–Crippen LogP) is 19.4. The standard InChI is InChI=1S/C62H108O6/c1-4-7-10-13-16-19-22-24-26-28-29-30-31-32-33-35-36-38-40-43-46-49-52-55-61(64)67-58-59(57-66-60(63)54-51-48-45-42-21-18-15-12-9-6-3)68-62(65)56-53-50-47-44-41-39-37-34-27-25-23-20-17-14-11-8-5-2/h7,10,16,19,24-27,29-30,32-33,59H,4-6,8-9,11-15,17-18,20-23,28,31,34-58H2,1-3H3/b10-7-,19-16-,26-24-,27-25-,30-29-,33-32-. The van der Waals surface area contributed by atoms with E-state index in [2.05, 4.69) is 93.7 Å². The highest BCUT2D eigenvalue weighted by Gasteiger charge is 2.19. The van der Waals surface area contributed by atoms with E-state index in [0.717, 1.165) is 96.3 Å². The summed E-state index contributed by atoms with van der Waals surface area (Å²) in [7, 11) is 0. The number of rotatable bonds is 52. The van der Waals surface area contributed by atoms with Gasteiger partial charge >= 0.3 is 17.9 Å². The zero-order chi connectivity index (χ0) is 49.3. The summed E-state index contributed by atoms with van der Waals surface area (Å²) >= 11 is 0. The molecule has 0 heterocycles. The van der Waals surface area contributed by atoms with Crippen LogP contribution in [0, 0.1) is 0 Å². The predicted molar refractivity (Wildman–Crippen MR) is 293 cm³/mol. The maximum absolute atomic E-state index is 12.8. The van der Waals surface area contributed by atoms with Gasteiger partial charge in [-0.05, 0) is 89.9 Å². The first kappa shape index (κ1) is 64.8. The van der Waals surface area contributed by atoms with Gasteiger partial charge in [-0.2, -0.15) is 0 Å². The Balaban J connectivity index is 4.31. The van der Waals surface area contributed by atoms with Gasteiger partial charge in [0.2, 0.25) is 0 Å². The number of unbranched alkanes of at least 4 members (excludes halogenated alkanes) is 29. The molecular formula is C62H108O6. The molecule has 0 saturated carbocycles. The van der Waals surface area contributed by atoms with E-state index < -0.39 is 6.10 Å². The monoisotopic (exact) mass is 949 g/mol. The number of hydrogen-bond acceptors (Lipinski definition) is 6. The number of carbonyl (C=O) groups is 3. The van der Waals surface area contributed by atoms with Crippen molar-refractivity contribution in [1.82, 2.24) is 0 Å². The Morgan fingerprint density at radius 1 is 0.309 bits per heavy atom. The van der Waals surface area contributed by atoms with Crippen LogP contribution in [0.3, 0.4) is 0 Å². The summed E-state index contributed by atoms with van der Waals surface area (Å²) in [5.74, 6) is -0.887. The molecule has 0 fully saturated rings. The van der Waals surface area contributed by atoms with Crippen LogP contribution >= 0.6 is 0 Å². The normalized spacial score (nSPS) is 12.6. The van der Waals surface area contributed by atoms with Crippen LogP contribution in [-0.4, -0.2) is 37.2 Å². The van der Waals surface area contributed by atoms with Crippen LogP contribution in [0.2, 0.25) is 0 Å². The van der Waals surface area contributed by atoms with Gasteiger partial charge in [-0.15, -0.1) is 0 Å². The third-order valence-electron chi connectivity index (χ3n) is 12.4. The highest BCUT2D eigenvalue weighted by Crippen LogP contribution is 2.15. The molecule has 1 unspecified atom stereocenters. The van der Waals surface area contributed by atoms with Crippen molar-refractivity contribution in [1.29, 1.82) is 0 Å². The average molecular weight is 950 g/mol. The minimum absolute atomic E-state index is 0.0784. The van der Waals surface area contributed by atoms with Crippen molar-refractivity contribution in [2.45, 2.75) is 290 Å². The molecule has 0 aliphatic carbocycles. The van der Waals surface area contributed by atoms with Crippen LogP contribution in [-0.2, 0) is 28.6 Å². The van der Waals surface area contributed by atoms with E-state index in [4.69, 9.17) is 14.2 Å². The molecule has 0 aromatic rings. The van der Waals surface area contributed by atoms with Crippen LogP contribution in [0.5, 0.6) is 0 Å². The first-order valence-corrected chi connectivity index (χ1v) is 28.9. The summed E-state index contributed by atoms with van der Waals surface area (Å²) < 4.78 is 16.8. The average Bonchev–Trinajstić information content (AvgIpc) is 3.34. The summed E-state index contributed by atoms with van der Waals surface area (Å²) in [4.78, 5) is 38.1. The van der Waals surface area contributed by atoms with Crippen LogP contribution in [0.25, 0.3) is 0 Å². The van der Waals surface area contributed by atoms with Crippen LogP contribution in [0.4, 0.5) is 0 Å².